The lowest BCUT2D eigenvalue weighted by atomic mass is 10.1. The van der Waals surface area contributed by atoms with Gasteiger partial charge >= 0.3 is 6.18 Å². The summed E-state index contributed by atoms with van der Waals surface area (Å²) in [4.78, 5) is 4.23. The van der Waals surface area contributed by atoms with Crippen LogP contribution in [0.3, 0.4) is 0 Å². The Balaban J connectivity index is 2.16. The van der Waals surface area contributed by atoms with Crippen LogP contribution in [0.15, 0.2) is 48.8 Å². The molecule has 0 N–H and O–H groups in total. The van der Waals surface area contributed by atoms with Crippen molar-refractivity contribution in [1.29, 1.82) is 0 Å². The van der Waals surface area contributed by atoms with Gasteiger partial charge in [0.05, 0.1) is 17.3 Å². The number of nitrogens with zero attached hydrogens (tertiary/aromatic N) is 2. The molecule has 2 aromatic heterocycles. The van der Waals surface area contributed by atoms with Crippen molar-refractivity contribution in [3.63, 3.8) is 0 Å². The van der Waals surface area contributed by atoms with E-state index in [9.17, 15) is 13.2 Å². The Morgan fingerprint density at radius 1 is 1.10 bits per heavy atom. The highest BCUT2D eigenvalue weighted by molar-refractivity contribution is 5.63. The maximum absolute atomic E-state index is 12.7. The lowest BCUT2D eigenvalue weighted by Crippen LogP contribution is -2.04. The van der Waals surface area contributed by atoms with Crippen LogP contribution in [-0.2, 0) is 6.18 Å². The van der Waals surface area contributed by atoms with Crippen molar-refractivity contribution in [2.45, 2.75) is 13.1 Å². The second-order valence-corrected chi connectivity index (χ2v) is 4.66. The molecule has 0 saturated carbocycles. The van der Waals surface area contributed by atoms with Gasteiger partial charge in [-0.3, -0.25) is 4.40 Å². The zero-order valence-corrected chi connectivity index (χ0v) is 10.6. The minimum atomic E-state index is -4.35. The normalized spacial score (nSPS) is 12.0. The van der Waals surface area contributed by atoms with E-state index >= 15 is 0 Å². The third-order valence-corrected chi connectivity index (χ3v) is 3.14. The molecule has 0 aliphatic rings. The molecule has 0 unspecified atom stereocenters. The second-order valence-electron chi connectivity index (χ2n) is 4.66. The Labute approximate surface area is 113 Å². The van der Waals surface area contributed by atoms with Crippen LogP contribution in [0.5, 0.6) is 0 Å². The number of hydrogen-bond acceptors (Lipinski definition) is 1. The first-order valence-electron chi connectivity index (χ1n) is 6.06. The Bertz CT molecular complexity index is 772. The Morgan fingerprint density at radius 2 is 1.90 bits per heavy atom. The summed E-state index contributed by atoms with van der Waals surface area (Å²) in [6, 6.07) is 9.03. The summed E-state index contributed by atoms with van der Waals surface area (Å²) in [6.45, 7) is 1.96. The van der Waals surface area contributed by atoms with Crippen molar-refractivity contribution in [3.8, 4) is 11.4 Å². The number of rotatable bonds is 1. The molecule has 2 nitrogen and oxygen atoms in total. The molecule has 0 atom stereocenters. The van der Waals surface area contributed by atoms with E-state index < -0.39 is 11.7 Å². The van der Waals surface area contributed by atoms with Gasteiger partial charge in [-0.1, -0.05) is 12.1 Å². The number of fused-ring (bicyclic) bond motifs is 1. The molecule has 0 aliphatic carbocycles. The Hall–Kier alpha value is -2.30. The van der Waals surface area contributed by atoms with Crippen molar-refractivity contribution in [1.82, 2.24) is 9.38 Å². The standard InChI is InChI=1S/C15H11F3N2/c1-10-5-6-20-13(7-10)9-19-14(20)11-3-2-4-12(8-11)15(16,17)18/h2-9H,1H3. The molecular formula is C15H11F3N2. The van der Waals surface area contributed by atoms with Gasteiger partial charge in [0, 0.05) is 11.8 Å². The fourth-order valence-electron chi connectivity index (χ4n) is 2.16. The van der Waals surface area contributed by atoms with E-state index in [2.05, 4.69) is 4.98 Å². The maximum atomic E-state index is 12.7. The third-order valence-electron chi connectivity index (χ3n) is 3.14. The molecule has 0 fully saturated rings. The maximum Gasteiger partial charge on any atom is 0.416 e. The minimum Gasteiger partial charge on any atom is -0.300 e. The molecule has 0 saturated heterocycles. The number of halogens is 3. The van der Waals surface area contributed by atoms with Crippen LogP contribution < -0.4 is 0 Å². The quantitative estimate of drug-likeness (QED) is 0.646. The van der Waals surface area contributed by atoms with Gasteiger partial charge in [0.25, 0.3) is 0 Å². The molecule has 0 spiro atoms. The van der Waals surface area contributed by atoms with Crippen molar-refractivity contribution in [3.05, 3.63) is 59.9 Å². The molecule has 0 radical (unpaired) electrons. The molecule has 5 heteroatoms. The molecule has 3 rings (SSSR count). The zero-order chi connectivity index (χ0) is 14.3. The number of benzene rings is 1. The van der Waals surface area contributed by atoms with E-state index in [0.29, 0.717) is 11.4 Å². The number of pyridine rings is 1. The first kappa shape index (κ1) is 12.7. The average molecular weight is 276 g/mol. The molecule has 0 aliphatic heterocycles. The van der Waals surface area contributed by atoms with Crippen LogP contribution in [0.2, 0.25) is 0 Å². The predicted molar refractivity (Wildman–Crippen MR) is 70.4 cm³/mol. The number of aromatic nitrogens is 2. The van der Waals surface area contributed by atoms with Crippen molar-refractivity contribution >= 4 is 5.52 Å². The summed E-state index contributed by atoms with van der Waals surface area (Å²) in [5.41, 5.74) is 1.72. The van der Waals surface area contributed by atoms with Gasteiger partial charge in [0.1, 0.15) is 5.82 Å². The van der Waals surface area contributed by atoms with Crippen molar-refractivity contribution < 1.29 is 13.2 Å². The monoisotopic (exact) mass is 276 g/mol. The highest BCUT2D eigenvalue weighted by atomic mass is 19.4. The fourth-order valence-corrected chi connectivity index (χ4v) is 2.16. The first-order valence-corrected chi connectivity index (χ1v) is 6.06. The van der Waals surface area contributed by atoms with E-state index in [1.54, 1.807) is 16.7 Å². The lowest BCUT2D eigenvalue weighted by Gasteiger charge is -2.08. The lowest BCUT2D eigenvalue weighted by molar-refractivity contribution is -0.137. The molecule has 3 aromatic rings. The van der Waals surface area contributed by atoms with Gasteiger partial charge < -0.3 is 0 Å². The molecule has 102 valence electrons. The summed E-state index contributed by atoms with van der Waals surface area (Å²) >= 11 is 0. The van der Waals surface area contributed by atoms with E-state index in [-0.39, 0.29) is 0 Å². The summed E-state index contributed by atoms with van der Waals surface area (Å²) in [5.74, 6) is 0.506. The van der Waals surface area contributed by atoms with E-state index in [4.69, 9.17) is 0 Å². The highest BCUT2D eigenvalue weighted by Crippen LogP contribution is 2.32. The largest absolute Gasteiger partial charge is 0.416 e. The van der Waals surface area contributed by atoms with Gasteiger partial charge in [-0.2, -0.15) is 13.2 Å². The third kappa shape index (κ3) is 2.15. The fraction of sp³-hybridized carbons (Fsp3) is 0.133. The van der Waals surface area contributed by atoms with E-state index in [0.717, 1.165) is 23.2 Å². The predicted octanol–water partition coefficient (Wildman–Crippen LogP) is 4.33. The van der Waals surface area contributed by atoms with Crippen LogP contribution in [0.4, 0.5) is 13.2 Å². The van der Waals surface area contributed by atoms with Gasteiger partial charge in [0.15, 0.2) is 0 Å². The molecule has 1 aromatic carbocycles. The molecule has 2 heterocycles. The van der Waals surface area contributed by atoms with Crippen LogP contribution in [-0.4, -0.2) is 9.38 Å². The summed E-state index contributed by atoms with van der Waals surface area (Å²) in [7, 11) is 0. The number of aryl methyl sites for hydroxylation is 1. The smallest absolute Gasteiger partial charge is 0.300 e. The van der Waals surface area contributed by atoms with E-state index in [1.165, 1.54) is 6.07 Å². The van der Waals surface area contributed by atoms with Gasteiger partial charge in [-0.25, -0.2) is 4.98 Å². The highest BCUT2D eigenvalue weighted by Gasteiger charge is 2.30. The number of imidazole rings is 1. The SMILES string of the molecule is Cc1ccn2c(-c3cccc(C(F)(F)F)c3)ncc2c1. The molecular weight excluding hydrogens is 265 g/mol. The topological polar surface area (TPSA) is 17.3 Å². The van der Waals surface area contributed by atoms with Crippen LogP contribution in [0, 0.1) is 6.92 Å². The molecule has 0 bridgehead atoms. The molecule has 20 heavy (non-hydrogen) atoms. The van der Waals surface area contributed by atoms with Gasteiger partial charge in [-0.05, 0) is 36.8 Å². The summed E-state index contributed by atoms with van der Waals surface area (Å²) in [6.07, 6.45) is -0.879. The second kappa shape index (κ2) is 4.37. The number of alkyl halides is 3. The van der Waals surface area contributed by atoms with Crippen LogP contribution >= 0.6 is 0 Å². The summed E-state index contributed by atoms with van der Waals surface area (Å²) in [5, 5.41) is 0. The van der Waals surface area contributed by atoms with Gasteiger partial charge in [0.2, 0.25) is 0 Å². The summed E-state index contributed by atoms with van der Waals surface area (Å²) < 4.78 is 40.0. The van der Waals surface area contributed by atoms with Crippen LogP contribution in [0.1, 0.15) is 11.1 Å². The molecule has 0 amide bonds. The van der Waals surface area contributed by atoms with Gasteiger partial charge in [-0.15, -0.1) is 0 Å². The van der Waals surface area contributed by atoms with Crippen LogP contribution in [0.25, 0.3) is 16.9 Å². The number of hydrogen-bond donors (Lipinski definition) is 0. The van der Waals surface area contributed by atoms with E-state index in [1.807, 2.05) is 25.3 Å². The average Bonchev–Trinajstić information content (AvgIpc) is 2.80. The minimum absolute atomic E-state index is 0.448. The van der Waals surface area contributed by atoms with Crippen molar-refractivity contribution in [2.75, 3.05) is 0 Å². The Kier molecular flexibility index (Phi) is 2.78. The zero-order valence-electron chi connectivity index (χ0n) is 10.6. The Morgan fingerprint density at radius 3 is 2.65 bits per heavy atom. The first-order chi connectivity index (χ1) is 9.45. The van der Waals surface area contributed by atoms with Crippen molar-refractivity contribution in [2.24, 2.45) is 0 Å².